The normalized spacial score (nSPS) is 13.0. The van der Waals surface area contributed by atoms with Gasteiger partial charge in [0.2, 0.25) is 5.88 Å². The number of carbonyl (C=O) groups is 1. The lowest BCUT2D eigenvalue weighted by Gasteiger charge is -2.17. The molecule has 6 heteroatoms. The highest BCUT2D eigenvalue weighted by atomic mass is 32.2. The number of aromatic nitrogens is 1. The Kier molecular flexibility index (Phi) is 4.48. The van der Waals surface area contributed by atoms with E-state index in [4.69, 9.17) is 4.74 Å². The van der Waals surface area contributed by atoms with Crippen LogP contribution in [0.25, 0.3) is 0 Å². The fourth-order valence-electron chi connectivity index (χ4n) is 2.25. The van der Waals surface area contributed by atoms with Crippen molar-refractivity contribution >= 4 is 23.5 Å². The van der Waals surface area contributed by atoms with E-state index in [-0.39, 0.29) is 5.91 Å². The number of nitrogens with zero attached hydrogens (tertiary/aromatic N) is 1. The highest BCUT2D eigenvalue weighted by Gasteiger charge is 2.12. The summed E-state index contributed by atoms with van der Waals surface area (Å²) in [6.07, 6.45) is 2.68. The minimum absolute atomic E-state index is 0.0724. The summed E-state index contributed by atoms with van der Waals surface area (Å²) in [7, 11) is 1.58. The molecule has 0 bridgehead atoms. The molecule has 1 amide bonds. The molecule has 22 heavy (non-hydrogen) atoms. The summed E-state index contributed by atoms with van der Waals surface area (Å²) >= 11 is 1.69. The Bertz CT molecular complexity index is 674. The van der Waals surface area contributed by atoms with Crippen LogP contribution in [0.4, 0.5) is 5.69 Å². The van der Waals surface area contributed by atoms with Crippen molar-refractivity contribution in [2.45, 2.75) is 13.0 Å². The predicted octanol–water partition coefficient (Wildman–Crippen LogP) is 2.64. The van der Waals surface area contributed by atoms with Crippen molar-refractivity contribution in [3.05, 3.63) is 53.2 Å². The van der Waals surface area contributed by atoms with Gasteiger partial charge in [-0.3, -0.25) is 4.79 Å². The minimum atomic E-state index is -0.0724. The predicted molar refractivity (Wildman–Crippen MR) is 88.2 cm³/mol. The van der Waals surface area contributed by atoms with E-state index in [9.17, 15) is 4.79 Å². The molecule has 1 aromatic carbocycles. The molecule has 1 aromatic heterocycles. The molecule has 114 valence electrons. The summed E-state index contributed by atoms with van der Waals surface area (Å²) < 4.78 is 8.27. The van der Waals surface area contributed by atoms with Gasteiger partial charge in [0.05, 0.1) is 7.11 Å². The van der Waals surface area contributed by atoms with Gasteiger partial charge in [-0.2, -0.15) is 0 Å². The Morgan fingerprint density at radius 1 is 1.41 bits per heavy atom. The van der Waals surface area contributed by atoms with E-state index < -0.39 is 0 Å². The average Bonchev–Trinajstić information content (AvgIpc) is 2.59. The van der Waals surface area contributed by atoms with Crippen LogP contribution in [0.5, 0.6) is 5.88 Å². The van der Waals surface area contributed by atoms with Crippen molar-refractivity contribution in [3.63, 3.8) is 0 Å². The number of benzene rings is 1. The molecule has 0 fully saturated rings. The second-order valence-electron chi connectivity index (χ2n) is 4.96. The van der Waals surface area contributed by atoms with Crippen molar-refractivity contribution in [2.75, 3.05) is 17.6 Å². The minimum Gasteiger partial charge on any atom is -0.481 e. The lowest BCUT2D eigenvalue weighted by molar-refractivity contribution is 0.0951. The summed E-state index contributed by atoms with van der Waals surface area (Å²) in [6.45, 7) is 0.445. The third kappa shape index (κ3) is 3.33. The molecule has 0 aliphatic carbocycles. The summed E-state index contributed by atoms with van der Waals surface area (Å²) in [5.41, 5.74) is 3.92. The summed E-state index contributed by atoms with van der Waals surface area (Å²) in [5, 5.41) is 2.91. The number of methoxy groups -OCH3 is 1. The number of pyridine rings is 1. The molecular formula is C16H17N3O2S. The van der Waals surface area contributed by atoms with Gasteiger partial charge in [0.1, 0.15) is 0 Å². The van der Waals surface area contributed by atoms with Crippen molar-refractivity contribution < 1.29 is 9.53 Å². The Balaban J connectivity index is 1.64. The standard InChI is InChI=1S/C16H17N3O2S/c1-21-15-5-2-11(9-17-15)10-18-16(20)13-3-4-14-12(8-13)6-7-22-19-14/h2-5,8-9,19H,6-7,10H2,1H3,(H,18,20). The highest BCUT2D eigenvalue weighted by Crippen LogP contribution is 2.26. The molecular weight excluding hydrogens is 298 g/mol. The summed E-state index contributed by atoms with van der Waals surface area (Å²) in [4.78, 5) is 16.4. The van der Waals surface area contributed by atoms with Gasteiger partial charge < -0.3 is 14.8 Å². The maximum atomic E-state index is 12.2. The number of aryl methyl sites for hydroxylation is 1. The number of carbonyl (C=O) groups excluding carboxylic acids is 1. The Morgan fingerprint density at radius 3 is 3.09 bits per heavy atom. The van der Waals surface area contributed by atoms with Crippen LogP contribution in [0.2, 0.25) is 0 Å². The fraction of sp³-hybridized carbons (Fsp3) is 0.250. The largest absolute Gasteiger partial charge is 0.481 e. The second kappa shape index (κ2) is 6.70. The zero-order valence-corrected chi connectivity index (χ0v) is 13.1. The van der Waals surface area contributed by atoms with E-state index in [1.165, 1.54) is 5.56 Å². The zero-order valence-electron chi connectivity index (χ0n) is 12.3. The average molecular weight is 315 g/mol. The van der Waals surface area contributed by atoms with Gasteiger partial charge >= 0.3 is 0 Å². The third-order valence-electron chi connectivity index (χ3n) is 3.48. The fourth-order valence-corrected chi connectivity index (χ4v) is 3.03. The van der Waals surface area contributed by atoms with Gasteiger partial charge in [-0.15, -0.1) is 0 Å². The lowest BCUT2D eigenvalue weighted by Crippen LogP contribution is -2.23. The van der Waals surface area contributed by atoms with Crippen LogP contribution >= 0.6 is 11.9 Å². The van der Waals surface area contributed by atoms with Crippen molar-refractivity contribution in [1.82, 2.24) is 10.3 Å². The van der Waals surface area contributed by atoms with E-state index >= 15 is 0 Å². The molecule has 2 N–H and O–H groups in total. The topological polar surface area (TPSA) is 63.2 Å². The number of rotatable bonds is 4. The molecule has 0 unspecified atom stereocenters. The number of fused-ring (bicyclic) bond motifs is 1. The third-order valence-corrected chi connectivity index (χ3v) is 4.26. The van der Waals surface area contributed by atoms with Gasteiger partial charge in [-0.1, -0.05) is 18.0 Å². The van der Waals surface area contributed by atoms with E-state index in [1.54, 1.807) is 31.3 Å². The highest BCUT2D eigenvalue weighted by molar-refractivity contribution is 8.00. The number of anilines is 1. The molecule has 5 nitrogen and oxygen atoms in total. The van der Waals surface area contributed by atoms with Gasteiger partial charge in [-0.05, 0) is 35.7 Å². The van der Waals surface area contributed by atoms with Crippen molar-refractivity contribution in [1.29, 1.82) is 0 Å². The van der Waals surface area contributed by atoms with Gasteiger partial charge in [0.15, 0.2) is 0 Å². The van der Waals surface area contributed by atoms with Crippen molar-refractivity contribution in [2.24, 2.45) is 0 Å². The molecule has 0 saturated heterocycles. The molecule has 2 heterocycles. The molecule has 1 aliphatic heterocycles. The number of ether oxygens (including phenoxy) is 1. The molecule has 2 aromatic rings. The van der Waals surface area contributed by atoms with Gasteiger partial charge in [0, 0.05) is 35.8 Å². The zero-order chi connectivity index (χ0) is 15.4. The van der Waals surface area contributed by atoms with Crippen LogP contribution in [0.1, 0.15) is 21.5 Å². The first-order chi connectivity index (χ1) is 10.8. The van der Waals surface area contributed by atoms with E-state index in [0.717, 1.165) is 23.4 Å². The number of amides is 1. The Labute approximate surface area is 133 Å². The summed E-state index contributed by atoms with van der Waals surface area (Å²) in [6, 6.07) is 9.44. The molecule has 0 radical (unpaired) electrons. The molecule has 0 atom stereocenters. The second-order valence-corrected chi connectivity index (χ2v) is 5.86. The van der Waals surface area contributed by atoms with Gasteiger partial charge in [0.25, 0.3) is 5.91 Å². The first kappa shape index (κ1) is 14.7. The quantitative estimate of drug-likeness (QED) is 0.849. The van der Waals surface area contributed by atoms with E-state index in [1.807, 2.05) is 24.3 Å². The first-order valence-electron chi connectivity index (χ1n) is 7.04. The molecule has 0 spiro atoms. The maximum absolute atomic E-state index is 12.2. The van der Waals surface area contributed by atoms with Crippen LogP contribution in [0.3, 0.4) is 0 Å². The Hall–Kier alpha value is -2.21. The number of hydrogen-bond donors (Lipinski definition) is 2. The van der Waals surface area contributed by atoms with Crippen molar-refractivity contribution in [3.8, 4) is 5.88 Å². The Morgan fingerprint density at radius 2 is 2.32 bits per heavy atom. The van der Waals surface area contributed by atoms with E-state index in [0.29, 0.717) is 18.0 Å². The van der Waals surface area contributed by atoms with Crippen LogP contribution in [0.15, 0.2) is 36.5 Å². The van der Waals surface area contributed by atoms with Crippen LogP contribution < -0.4 is 14.8 Å². The molecule has 0 saturated carbocycles. The lowest BCUT2D eigenvalue weighted by atomic mass is 10.1. The summed E-state index contributed by atoms with van der Waals surface area (Å²) in [5.74, 6) is 1.52. The number of nitrogens with one attached hydrogen (secondary N) is 2. The molecule has 3 rings (SSSR count). The van der Waals surface area contributed by atoms with E-state index in [2.05, 4.69) is 15.0 Å². The first-order valence-corrected chi connectivity index (χ1v) is 8.02. The smallest absolute Gasteiger partial charge is 0.251 e. The van der Waals surface area contributed by atoms with Crippen LogP contribution in [0, 0.1) is 0 Å². The van der Waals surface area contributed by atoms with Crippen LogP contribution in [-0.4, -0.2) is 23.8 Å². The van der Waals surface area contributed by atoms with Gasteiger partial charge in [-0.25, -0.2) is 4.98 Å². The number of hydrogen-bond acceptors (Lipinski definition) is 5. The SMILES string of the molecule is COc1ccc(CNC(=O)c2ccc3c(c2)CCSN3)cn1. The maximum Gasteiger partial charge on any atom is 0.251 e. The monoisotopic (exact) mass is 315 g/mol. The molecule has 1 aliphatic rings. The van der Waals surface area contributed by atoms with Crippen LogP contribution in [-0.2, 0) is 13.0 Å².